The van der Waals surface area contributed by atoms with E-state index < -0.39 is 9.84 Å². The Morgan fingerprint density at radius 3 is 2.35 bits per heavy atom. The molecule has 0 aliphatic carbocycles. The van der Waals surface area contributed by atoms with Gasteiger partial charge in [-0.1, -0.05) is 32.1 Å². The van der Waals surface area contributed by atoms with Crippen molar-refractivity contribution in [2.24, 2.45) is 0 Å². The van der Waals surface area contributed by atoms with Crippen molar-refractivity contribution in [2.75, 3.05) is 5.75 Å². The van der Waals surface area contributed by atoms with Crippen LogP contribution in [-0.4, -0.2) is 14.2 Å². The average molecular weight is 252 g/mol. The minimum atomic E-state index is -3.09. The number of hydrogen-bond acceptors (Lipinski definition) is 2. The van der Waals surface area contributed by atoms with Gasteiger partial charge in [0, 0.05) is 0 Å². The molecule has 1 aromatic carbocycles. The summed E-state index contributed by atoms with van der Waals surface area (Å²) in [6.07, 6.45) is 3.43. The van der Waals surface area contributed by atoms with Crippen LogP contribution in [0.15, 0.2) is 41.8 Å². The van der Waals surface area contributed by atoms with Gasteiger partial charge in [0.15, 0.2) is 9.84 Å². The van der Waals surface area contributed by atoms with E-state index in [0.717, 1.165) is 12.0 Å². The summed E-state index contributed by atoms with van der Waals surface area (Å²) in [5, 5.41) is 0. The molecule has 0 aliphatic heterocycles. The van der Waals surface area contributed by atoms with Gasteiger partial charge in [-0.25, -0.2) is 8.42 Å². The molecular weight excluding hydrogens is 232 g/mol. The molecule has 0 N–H and O–H groups in total. The van der Waals surface area contributed by atoms with E-state index in [1.807, 2.05) is 25.1 Å². The van der Waals surface area contributed by atoms with Crippen LogP contribution in [0, 0.1) is 0 Å². The van der Waals surface area contributed by atoms with E-state index in [2.05, 4.69) is 13.5 Å². The van der Waals surface area contributed by atoms with Crippen molar-refractivity contribution in [1.29, 1.82) is 0 Å². The highest BCUT2D eigenvalue weighted by atomic mass is 32.2. The zero-order valence-corrected chi connectivity index (χ0v) is 11.3. The Morgan fingerprint density at radius 2 is 1.88 bits per heavy atom. The van der Waals surface area contributed by atoms with E-state index in [9.17, 15) is 8.42 Å². The molecule has 0 bridgehead atoms. The van der Waals surface area contributed by atoms with Gasteiger partial charge >= 0.3 is 0 Å². The van der Waals surface area contributed by atoms with Gasteiger partial charge in [-0.15, -0.1) is 6.58 Å². The summed E-state index contributed by atoms with van der Waals surface area (Å²) in [7, 11) is -3.09. The molecule has 1 atom stereocenters. The highest BCUT2D eigenvalue weighted by Gasteiger charge is 2.13. The quantitative estimate of drug-likeness (QED) is 0.726. The summed E-state index contributed by atoms with van der Waals surface area (Å²) in [5.41, 5.74) is 1.15. The lowest BCUT2D eigenvalue weighted by Gasteiger charge is -2.10. The summed E-state index contributed by atoms with van der Waals surface area (Å²) in [5.74, 6) is 0.601. The third kappa shape index (κ3) is 3.70. The zero-order chi connectivity index (χ0) is 12.9. The predicted octanol–water partition coefficient (Wildman–Crippen LogP) is 3.55. The molecule has 2 nitrogen and oxygen atoms in total. The number of benzene rings is 1. The zero-order valence-electron chi connectivity index (χ0n) is 10.5. The SMILES string of the molecule is C=CCC(C)c1ccc(S(=O)(=O)CCC)cc1. The number of allylic oxidation sites excluding steroid dienone is 1. The van der Waals surface area contributed by atoms with E-state index in [0.29, 0.717) is 17.2 Å². The number of rotatable bonds is 6. The first-order chi connectivity index (χ1) is 8.01. The van der Waals surface area contributed by atoms with Gasteiger partial charge in [0.05, 0.1) is 10.6 Å². The van der Waals surface area contributed by atoms with E-state index in [1.54, 1.807) is 12.1 Å². The van der Waals surface area contributed by atoms with Crippen molar-refractivity contribution < 1.29 is 8.42 Å². The van der Waals surface area contributed by atoms with Gasteiger partial charge in [-0.3, -0.25) is 0 Å². The van der Waals surface area contributed by atoms with E-state index in [4.69, 9.17) is 0 Å². The fourth-order valence-corrected chi connectivity index (χ4v) is 3.10. The Morgan fingerprint density at radius 1 is 1.29 bits per heavy atom. The average Bonchev–Trinajstić information content (AvgIpc) is 2.29. The van der Waals surface area contributed by atoms with Crippen LogP contribution in [0.5, 0.6) is 0 Å². The Balaban J connectivity index is 2.92. The van der Waals surface area contributed by atoms with Crippen molar-refractivity contribution in [2.45, 2.75) is 37.5 Å². The van der Waals surface area contributed by atoms with Crippen LogP contribution in [0.1, 0.15) is 38.2 Å². The van der Waals surface area contributed by atoms with Crippen LogP contribution in [0.2, 0.25) is 0 Å². The topological polar surface area (TPSA) is 34.1 Å². The van der Waals surface area contributed by atoms with Crippen molar-refractivity contribution in [3.05, 3.63) is 42.5 Å². The largest absolute Gasteiger partial charge is 0.224 e. The highest BCUT2D eigenvalue weighted by molar-refractivity contribution is 7.91. The Bertz CT molecular complexity index is 458. The Hall–Kier alpha value is -1.09. The van der Waals surface area contributed by atoms with E-state index in [1.165, 1.54) is 0 Å². The molecule has 0 aromatic heterocycles. The van der Waals surface area contributed by atoms with E-state index >= 15 is 0 Å². The van der Waals surface area contributed by atoms with Gasteiger partial charge in [0.25, 0.3) is 0 Å². The molecule has 1 rings (SSSR count). The predicted molar refractivity (Wildman–Crippen MR) is 72.0 cm³/mol. The van der Waals surface area contributed by atoms with Gasteiger partial charge in [-0.05, 0) is 36.5 Å². The van der Waals surface area contributed by atoms with Gasteiger partial charge in [0.1, 0.15) is 0 Å². The molecule has 94 valence electrons. The molecule has 0 heterocycles. The third-order valence-corrected chi connectivity index (χ3v) is 4.74. The normalized spacial score (nSPS) is 13.3. The van der Waals surface area contributed by atoms with Gasteiger partial charge in [-0.2, -0.15) is 0 Å². The molecule has 0 amide bonds. The molecule has 0 saturated heterocycles. The second kappa shape index (κ2) is 6.01. The molecule has 0 fully saturated rings. The Labute approximate surface area is 104 Å². The highest BCUT2D eigenvalue weighted by Crippen LogP contribution is 2.21. The standard InChI is InChI=1S/C14H20O2S/c1-4-6-12(3)13-7-9-14(10-8-13)17(15,16)11-5-2/h4,7-10,12H,1,5-6,11H2,2-3H3. The summed E-state index contributed by atoms with van der Waals surface area (Å²) < 4.78 is 23.6. The molecule has 17 heavy (non-hydrogen) atoms. The maximum absolute atomic E-state index is 11.8. The lowest BCUT2D eigenvalue weighted by Crippen LogP contribution is -2.06. The van der Waals surface area contributed by atoms with Gasteiger partial charge in [0.2, 0.25) is 0 Å². The fraction of sp³-hybridized carbons (Fsp3) is 0.429. The Kier molecular flexibility index (Phi) is 4.94. The minimum Gasteiger partial charge on any atom is -0.224 e. The van der Waals surface area contributed by atoms with E-state index in [-0.39, 0.29) is 5.75 Å². The molecule has 0 saturated carbocycles. The van der Waals surface area contributed by atoms with Crippen molar-refractivity contribution in [3.63, 3.8) is 0 Å². The van der Waals surface area contributed by atoms with Crippen LogP contribution in [0.3, 0.4) is 0 Å². The molecule has 0 radical (unpaired) electrons. The monoisotopic (exact) mass is 252 g/mol. The molecule has 0 aliphatic rings. The number of sulfone groups is 1. The molecule has 0 spiro atoms. The summed E-state index contributed by atoms with van der Waals surface area (Å²) in [6.45, 7) is 7.69. The maximum atomic E-state index is 11.8. The lowest BCUT2D eigenvalue weighted by molar-refractivity contribution is 0.594. The van der Waals surface area contributed by atoms with Crippen LogP contribution in [0.25, 0.3) is 0 Å². The van der Waals surface area contributed by atoms with Crippen molar-refractivity contribution >= 4 is 9.84 Å². The van der Waals surface area contributed by atoms with Crippen LogP contribution >= 0.6 is 0 Å². The van der Waals surface area contributed by atoms with Crippen molar-refractivity contribution in [3.8, 4) is 0 Å². The molecular formula is C14H20O2S. The van der Waals surface area contributed by atoms with Crippen LogP contribution in [-0.2, 0) is 9.84 Å². The lowest BCUT2D eigenvalue weighted by atomic mass is 9.98. The second-order valence-electron chi connectivity index (χ2n) is 4.31. The summed E-state index contributed by atoms with van der Waals surface area (Å²) >= 11 is 0. The first-order valence-electron chi connectivity index (χ1n) is 5.95. The third-order valence-electron chi connectivity index (χ3n) is 2.80. The number of hydrogen-bond donors (Lipinski definition) is 0. The smallest absolute Gasteiger partial charge is 0.178 e. The molecule has 3 heteroatoms. The minimum absolute atomic E-state index is 0.217. The summed E-state index contributed by atoms with van der Waals surface area (Å²) in [4.78, 5) is 0.425. The summed E-state index contributed by atoms with van der Waals surface area (Å²) in [6, 6.07) is 7.22. The fourth-order valence-electron chi connectivity index (χ4n) is 1.78. The van der Waals surface area contributed by atoms with Crippen LogP contribution in [0.4, 0.5) is 0 Å². The first kappa shape index (κ1) is 14.0. The van der Waals surface area contributed by atoms with Crippen molar-refractivity contribution in [1.82, 2.24) is 0 Å². The molecule has 1 aromatic rings. The maximum Gasteiger partial charge on any atom is 0.178 e. The van der Waals surface area contributed by atoms with Gasteiger partial charge < -0.3 is 0 Å². The second-order valence-corrected chi connectivity index (χ2v) is 6.42. The first-order valence-corrected chi connectivity index (χ1v) is 7.60. The van der Waals surface area contributed by atoms with Crippen LogP contribution < -0.4 is 0 Å². The molecule has 1 unspecified atom stereocenters.